The van der Waals surface area contributed by atoms with E-state index in [1.54, 1.807) is 0 Å². The Hall–Kier alpha value is -3.58. The van der Waals surface area contributed by atoms with Crippen molar-refractivity contribution in [3.63, 3.8) is 0 Å². The zero-order valence-electron chi connectivity index (χ0n) is 25.4. The summed E-state index contributed by atoms with van der Waals surface area (Å²) in [6, 6.07) is 0.527. The summed E-state index contributed by atoms with van der Waals surface area (Å²) in [5.41, 5.74) is 1.59. The van der Waals surface area contributed by atoms with E-state index >= 15 is 0 Å². The molecule has 7 atom stereocenters. The minimum atomic E-state index is -1.26. The number of carboxylic acids is 4. The van der Waals surface area contributed by atoms with Crippen molar-refractivity contribution in [3.05, 3.63) is 24.3 Å². The number of carbonyl (C=O) groups is 5. The van der Waals surface area contributed by atoms with Gasteiger partial charge < -0.3 is 35.9 Å². The molecule has 6 N–H and O–H groups in total. The molecule has 5 aliphatic rings. The van der Waals surface area contributed by atoms with E-state index in [1.807, 2.05) is 0 Å². The van der Waals surface area contributed by atoms with E-state index in [0.717, 1.165) is 58.2 Å². The van der Waals surface area contributed by atoms with Gasteiger partial charge in [0.05, 0.1) is 5.71 Å². The lowest BCUT2D eigenvalue weighted by molar-refractivity contribution is -0.134. The summed E-state index contributed by atoms with van der Waals surface area (Å²) in [5, 5.41) is 43.1. The van der Waals surface area contributed by atoms with Gasteiger partial charge in [0.1, 0.15) is 11.9 Å². The highest BCUT2D eigenvalue weighted by atomic mass is 16.6. The number of nitrogens with zero attached hydrogens (tertiary/aromatic N) is 1. The average molecular weight is 620 g/mol. The van der Waals surface area contributed by atoms with Crippen LogP contribution in [-0.4, -0.2) is 87.6 Å². The highest BCUT2D eigenvalue weighted by molar-refractivity contribution is 5.90. The van der Waals surface area contributed by atoms with Gasteiger partial charge in [-0.05, 0) is 81.2 Å². The highest BCUT2D eigenvalue weighted by Gasteiger charge is 2.59. The molecule has 13 heteroatoms. The molecule has 44 heavy (non-hydrogen) atoms. The lowest BCUT2D eigenvalue weighted by atomic mass is 9.52. The van der Waals surface area contributed by atoms with Crippen LogP contribution in [0.5, 0.6) is 0 Å². The molecule has 0 amide bonds. The Balaban J connectivity index is 0.000000275. The van der Waals surface area contributed by atoms with Crippen molar-refractivity contribution in [1.29, 1.82) is 0 Å². The largest absolute Gasteiger partial charge is 0.478 e. The van der Waals surface area contributed by atoms with Crippen molar-refractivity contribution in [3.8, 4) is 0 Å². The van der Waals surface area contributed by atoms with E-state index < -0.39 is 23.9 Å². The maximum absolute atomic E-state index is 12.6. The molecule has 3 saturated carbocycles. The third kappa shape index (κ3) is 8.98. The van der Waals surface area contributed by atoms with Gasteiger partial charge in [0.2, 0.25) is 0 Å². The summed E-state index contributed by atoms with van der Waals surface area (Å²) in [4.78, 5) is 56.7. The lowest BCUT2D eigenvalue weighted by Gasteiger charge is -2.54. The molecule has 0 aromatic heterocycles. The second-order valence-electron chi connectivity index (χ2n) is 12.7. The lowest BCUT2D eigenvalue weighted by Crippen LogP contribution is -2.56. The summed E-state index contributed by atoms with van der Waals surface area (Å²) >= 11 is 0. The molecule has 3 aliphatic carbocycles. The minimum Gasteiger partial charge on any atom is -0.478 e. The van der Waals surface area contributed by atoms with Crippen LogP contribution in [0.1, 0.15) is 71.6 Å². The van der Waals surface area contributed by atoms with Gasteiger partial charge in [0, 0.05) is 55.1 Å². The average Bonchev–Trinajstić information content (AvgIpc) is 3.56. The topological polar surface area (TPSA) is 212 Å². The van der Waals surface area contributed by atoms with Crippen molar-refractivity contribution in [2.24, 2.45) is 33.7 Å². The van der Waals surface area contributed by atoms with Crippen LogP contribution in [0.25, 0.3) is 0 Å². The Kier molecular flexibility index (Phi) is 12.2. The standard InChI is InChI=1S/C23H37N3O2.2C4H4O4/c1-22-9-5-16(26-28-17-8-11-24-14-17)13-15(22)7-12-25-21-18-3-4-20(27)23(18,2)10-6-19(21)22;2*5-3(6)1-2-4(7)8/h15,17-19,21,24-25H,3-14H2,1-2H3;2*1-2H,(H,5,6)(H,7,8)/b26-16+;2*2-1+/t15?,17-,18+,19+,21+,22+,23+;;/m1../s1. The third-order valence-electron chi connectivity index (χ3n) is 10.1. The van der Waals surface area contributed by atoms with Crippen LogP contribution in [-0.2, 0) is 28.8 Å². The van der Waals surface area contributed by atoms with Gasteiger partial charge >= 0.3 is 23.9 Å². The zero-order chi connectivity index (χ0) is 32.5. The molecule has 244 valence electrons. The van der Waals surface area contributed by atoms with Crippen LogP contribution >= 0.6 is 0 Å². The molecule has 0 spiro atoms. The maximum Gasteiger partial charge on any atom is 0.328 e. The fourth-order valence-electron chi connectivity index (χ4n) is 7.75. The van der Waals surface area contributed by atoms with Crippen LogP contribution in [0.2, 0.25) is 0 Å². The first kappa shape index (κ1) is 34.9. The molecule has 0 bridgehead atoms. The molecule has 2 aliphatic heterocycles. The first-order chi connectivity index (χ1) is 20.8. The molecule has 5 fully saturated rings. The van der Waals surface area contributed by atoms with Gasteiger partial charge in [-0.2, -0.15) is 0 Å². The normalized spacial score (nSPS) is 35.3. The number of rotatable bonds is 6. The van der Waals surface area contributed by atoms with Gasteiger partial charge in [0.15, 0.2) is 0 Å². The smallest absolute Gasteiger partial charge is 0.328 e. The number of nitrogens with one attached hydrogen (secondary N) is 2. The van der Waals surface area contributed by atoms with E-state index in [4.69, 9.17) is 25.3 Å². The quantitative estimate of drug-likeness (QED) is 0.187. The summed E-state index contributed by atoms with van der Waals surface area (Å²) < 4.78 is 0. The Morgan fingerprint density at radius 1 is 0.818 bits per heavy atom. The van der Waals surface area contributed by atoms with Crippen molar-refractivity contribution in [1.82, 2.24) is 10.6 Å². The summed E-state index contributed by atoms with van der Waals surface area (Å²) in [5.74, 6) is -2.57. The van der Waals surface area contributed by atoms with Gasteiger partial charge in [0.25, 0.3) is 0 Å². The van der Waals surface area contributed by atoms with E-state index in [0.29, 0.717) is 59.3 Å². The fraction of sp³-hybridized carbons (Fsp3) is 0.677. The Morgan fingerprint density at radius 2 is 1.43 bits per heavy atom. The molecule has 2 heterocycles. The predicted octanol–water partition coefficient (Wildman–Crippen LogP) is 2.71. The molecular weight excluding hydrogens is 574 g/mol. The Morgan fingerprint density at radius 3 is 1.98 bits per heavy atom. The first-order valence-electron chi connectivity index (χ1n) is 15.2. The summed E-state index contributed by atoms with van der Waals surface area (Å²) in [6.07, 6.45) is 12.4. The monoisotopic (exact) mass is 619 g/mol. The number of fused-ring (bicyclic) bond motifs is 5. The number of carboxylic acid groups (broad SMARTS) is 4. The van der Waals surface area contributed by atoms with Crippen LogP contribution in [0.15, 0.2) is 29.5 Å². The molecule has 5 rings (SSSR count). The summed E-state index contributed by atoms with van der Waals surface area (Å²) in [7, 11) is 0. The second-order valence-corrected chi connectivity index (χ2v) is 12.7. The second kappa shape index (κ2) is 15.4. The van der Waals surface area contributed by atoms with Crippen molar-refractivity contribution >= 4 is 35.4 Å². The molecule has 0 aromatic carbocycles. The van der Waals surface area contributed by atoms with Crippen LogP contribution in [0.4, 0.5) is 0 Å². The highest BCUT2D eigenvalue weighted by Crippen LogP contribution is 2.59. The third-order valence-corrected chi connectivity index (χ3v) is 10.1. The SMILES string of the molecule is C[C@]12CC/C(=N\O[C@@H]3CCNC3)CC1CCN[C@@H]1[C@@H]2CC[C@]2(C)C(=O)CC[C@@H]12.O=C(O)/C=C/C(=O)O.O=C(O)/C=C/C(=O)O. The molecular formula is C31H45N3O10. The van der Waals surface area contributed by atoms with Crippen molar-refractivity contribution in [2.75, 3.05) is 19.6 Å². The molecule has 2 saturated heterocycles. The van der Waals surface area contributed by atoms with Crippen molar-refractivity contribution in [2.45, 2.75) is 83.8 Å². The van der Waals surface area contributed by atoms with E-state index in [1.165, 1.54) is 25.0 Å². The Labute approximate surface area is 256 Å². The van der Waals surface area contributed by atoms with E-state index in [9.17, 15) is 24.0 Å². The van der Waals surface area contributed by atoms with Gasteiger partial charge in [-0.15, -0.1) is 0 Å². The van der Waals surface area contributed by atoms with Gasteiger partial charge in [-0.3, -0.25) is 4.79 Å². The number of hydrogen-bond acceptors (Lipinski definition) is 9. The van der Waals surface area contributed by atoms with Crippen LogP contribution < -0.4 is 10.6 Å². The Bertz CT molecular complexity index is 1110. The maximum atomic E-state index is 12.6. The van der Waals surface area contributed by atoms with Crippen LogP contribution in [0.3, 0.4) is 0 Å². The zero-order valence-corrected chi connectivity index (χ0v) is 25.4. The molecule has 0 radical (unpaired) electrons. The number of ketones is 1. The molecule has 13 nitrogen and oxygen atoms in total. The van der Waals surface area contributed by atoms with E-state index in [-0.39, 0.29) is 11.5 Å². The van der Waals surface area contributed by atoms with Gasteiger partial charge in [-0.1, -0.05) is 19.0 Å². The number of hydrogen-bond donors (Lipinski definition) is 6. The number of aliphatic carboxylic acids is 4. The molecule has 0 aromatic rings. The van der Waals surface area contributed by atoms with Gasteiger partial charge in [-0.25, -0.2) is 19.2 Å². The number of carbonyl (C=O) groups excluding carboxylic acids is 1. The number of Topliss-reactive ketones (excluding diaryl/α,β-unsaturated/α-hetero) is 1. The van der Waals surface area contributed by atoms with E-state index in [2.05, 4.69) is 29.6 Å². The van der Waals surface area contributed by atoms with Crippen LogP contribution in [0, 0.1) is 28.6 Å². The summed E-state index contributed by atoms with van der Waals surface area (Å²) in [6.45, 7) is 7.89. The minimum absolute atomic E-state index is 0.0607. The molecule has 1 unspecified atom stereocenters. The first-order valence-corrected chi connectivity index (χ1v) is 15.2. The predicted molar refractivity (Wildman–Crippen MR) is 159 cm³/mol. The van der Waals surface area contributed by atoms with Crippen molar-refractivity contribution < 1.29 is 49.2 Å². The number of oxime groups is 1. The fourth-order valence-corrected chi connectivity index (χ4v) is 7.75.